The zero-order valence-electron chi connectivity index (χ0n) is 13.9. The summed E-state index contributed by atoms with van der Waals surface area (Å²) in [6.45, 7) is 11.8. The van der Waals surface area contributed by atoms with Crippen molar-refractivity contribution in [3.05, 3.63) is 29.8 Å². The van der Waals surface area contributed by atoms with Crippen molar-refractivity contribution in [2.75, 3.05) is 19.7 Å². The monoisotopic (exact) mass is 290 g/mol. The molecule has 0 saturated carbocycles. The minimum Gasteiger partial charge on any atom is -0.494 e. The van der Waals surface area contributed by atoms with Crippen molar-refractivity contribution in [1.29, 1.82) is 0 Å². The van der Waals surface area contributed by atoms with E-state index in [0.29, 0.717) is 12.6 Å². The average Bonchev–Trinajstić information content (AvgIpc) is 2.45. The molecule has 4 atom stereocenters. The first-order chi connectivity index (χ1) is 10.0. The Morgan fingerprint density at radius 3 is 2.71 bits per heavy atom. The SMILES string of the molecule is CCOc1ccccc1C(N)CN1CC(C)CC(C)C1C. The predicted octanol–water partition coefficient (Wildman–Crippen LogP) is 3.45. The third-order valence-electron chi connectivity index (χ3n) is 4.77. The van der Waals surface area contributed by atoms with E-state index in [4.69, 9.17) is 10.5 Å². The average molecular weight is 290 g/mol. The van der Waals surface area contributed by atoms with Crippen LogP contribution < -0.4 is 10.5 Å². The van der Waals surface area contributed by atoms with Gasteiger partial charge in [-0.15, -0.1) is 0 Å². The zero-order valence-corrected chi connectivity index (χ0v) is 13.9. The van der Waals surface area contributed by atoms with Crippen molar-refractivity contribution >= 4 is 0 Å². The molecule has 1 aromatic carbocycles. The molecule has 1 heterocycles. The Balaban J connectivity index is 2.08. The lowest BCUT2D eigenvalue weighted by atomic mass is 9.85. The maximum Gasteiger partial charge on any atom is 0.124 e. The second-order valence-corrected chi connectivity index (χ2v) is 6.59. The molecule has 1 fully saturated rings. The molecule has 1 aliphatic heterocycles. The van der Waals surface area contributed by atoms with Crippen molar-refractivity contribution in [2.45, 2.75) is 46.2 Å². The molecule has 1 aromatic rings. The Hall–Kier alpha value is -1.06. The van der Waals surface area contributed by atoms with Crippen LogP contribution in [-0.2, 0) is 0 Å². The van der Waals surface area contributed by atoms with Crippen LogP contribution in [0.4, 0.5) is 0 Å². The molecule has 0 radical (unpaired) electrons. The fourth-order valence-electron chi connectivity index (χ4n) is 3.50. The number of benzene rings is 1. The van der Waals surface area contributed by atoms with Crippen molar-refractivity contribution in [3.63, 3.8) is 0 Å². The lowest BCUT2D eigenvalue weighted by Gasteiger charge is -2.42. The van der Waals surface area contributed by atoms with E-state index < -0.39 is 0 Å². The zero-order chi connectivity index (χ0) is 15.4. The van der Waals surface area contributed by atoms with E-state index in [1.165, 1.54) is 6.42 Å². The summed E-state index contributed by atoms with van der Waals surface area (Å²) >= 11 is 0. The molecule has 1 aliphatic rings. The largest absolute Gasteiger partial charge is 0.494 e. The smallest absolute Gasteiger partial charge is 0.124 e. The lowest BCUT2D eigenvalue weighted by molar-refractivity contribution is 0.0739. The first kappa shape index (κ1) is 16.3. The highest BCUT2D eigenvalue weighted by molar-refractivity contribution is 5.36. The fourth-order valence-corrected chi connectivity index (χ4v) is 3.50. The first-order valence-electron chi connectivity index (χ1n) is 8.24. The number of ether oxygens (including phenoxy) is 1. The van der Waals surface area contributed by atoms with E-state index in [1.807, 2.05) is 25.1 Å². The van der Waals surface area contributed by atoms with Gasteiger partial charge < -0.3 is 10.5 Å². The second kappa shape index (κ2) is 7.28. The van der Waals surface area contributed by atoms with Gasteiger partial charge in [-0.25, -0.2) is 0 Å². The third kappa shape index (κ3) is 3.98. The molecule has 118 valence electrons. The van der Waals surface area contributed by atoms with E-state index in [0.717, 1.165) is 36.2 Å². The van der Waals surface area contributed by atoms with Crippen molar-refractivity contribution in [3.8, 4) is 5.75 Å². The normalized spacial score (nSPS) is 28.3. The number of hydrogen-bond acceptors (Lipinski definition) is 3. The quantitative estimate of drug-likeness (QED) is 0.902. The highest BCUT2D eigenvalue weighted by atomic mass is 16.5. The van der Waals surface area contributed by atoms with Crippen LogP contribution in [-0.4, -0.2) is 30.6 Å². The van der Waals surface area contributed by atoms with Gasteiger partial charge in [-0.3, -0.25) is 4.90 Å². The van der Waals surface area contributed by atoms with Crippen LogP contribution in [0.25, 0.3) is 0 Å². The van der Waals surface area contributed by atoms with Crippen molar-refractivity contribution < 1.29 is 4.74 Å². The number of rotatable bonds is 5. The number of likely N-dealkylation sites (tertiary alicyclic amines) is 1. The number of hydrogen-bond donors (Lipinski definition) is 1. The van der Waals surface area contributed by atoms with Gasteiger partial charge in [0.25, 0.3) is 0 Å². The summed E-state index contributed by atoms with van der Waals surface area (Å²) in [7, 11) is 0. The lowest BCUT2D eigenvalue weighted by Crippen LogP contribution is -2.48. The van der Waals surface area contributed by atoms with Crippen molar-refractivity contribution in [2.24, 2.45) is 17.6 Å². The maximum atomic E-state index is 6.49. The molecule has 4 unspecified atom stereocenters. The van der Waals surface area contributed by atoms with Crippen molar-refractivity contribution in [1.82, 2.24) is 4.90 Å². The van der Waals surface area contributed by atoms with Gasteiger partial charge in [0.15, 0.2) is 0 Å². The van der Waals surface area contributed by atoms with Crippen LogP contribution in [0.2, 0.25) is 0 Å². The van der Waals surface area contributed by atoms with E-state index >= 15 is 0 Å². The molecule has 2 N–H and O–H groups in total. The van der Waals surface area contributed by atoms with Gasteiger partial charge in [0, 0.05) is 30.7 Å². The molecular weight excluding hydrogens is 260 g/mol. The van der Waals surface area contributed by atoms with E-state index in [1.54, 1.807) is 0 Å². The van der Waals surface area contributed by atoms with Gasteiger partial charge in [0.2, 0.25) is 0 Å². The molecule has 0 aliphatic carbocycles. The number of nitrogens with two attached hydrogens (primary N) is 1. The van der Waals surface area contributed by atoms with Gasteiger partial charge in [-0.1, -0.05) is 32.0 Å². The summed E-state index contributed by atoms with van der Waals surface area (Å²) in [4.78, 5) is 2.55. The van der Waals surface area contributed by atoms with Gasteiger partial charge in [0.05, 0.1) is 6.61 Å². The van der Waals surface area contributed by atoms with E-state index in [-0.39, 0.29) is 6.04 Å². The molecule has 0 aromatic heterocycles. The van der Waals surface area contributed by atoms with Gasteiger partial charge in [0.1, 0.15) is 5.75 Å². The number of nitrogens with zero attached hydrogens (tertiary/aromatic N) is 1. The molecule has 0 amide bonds. The van der Waals surface area contributed by atoms with Crippen LogP contribution in [0, 0.1) is 11.8 Å². The number of para-hydroxylation sites is 1. The summed E-state index contributed by atoms with van der Waals surface area (Å²) in [6.07, 6.45) is 1.32. The molecule has 0 bridgehead atoms. The summed E-state index contributed by atoms with van der Waals surface area (Å²) in [5.41, 5.74) is 7.61. The molecule has 0 spiro atoms. The molecule has 2 rings (SSSR count). The highest BCUT2D eigenvalue weighted by Gasteiger charge is 2.30. The molecule has 1 saturated heterocycles. The topological polar surface area (TPSA) is 38.5 Å². The van der Waals surface area contributed by atoms with Crippen LogP contribution in [0.1, 0.15) is 45.7 Å². The van der Waals surface area contributed by atoms with Crippen LogP contribution in [0.15, 0.2) is 24.3 Å². The summed E-state index contributed by atoms with van der Waals surface area (Å²) < 4.78 is 5.72. The van der Waals surface area contributed by atoms with E-state index in [2.05, 4.69) is 31.7 Å². The van der Waals surface area contributed by atoms with Gasteiger partial charge in [-0.2, -0.15) is 0 Å². The fraction of sp³-hybridized carbons (Fsp3) is 0.667. The Bertz CT molecular complexity index is 449. The molecule has 21 heavy (non-hydrogen) atoms. The summed E-state index contributed by atoms with van der Waals surface area (Å²) in [5, 5.41) is 0. The Morgan fingerprint density at radius 1 is 1.29 bits per heavy atom. The summed E-state index contributed by atoms with van der Waals surface area (Å²) in [5.74, 6) is 2.42. The van der Waals surface area contributed by atoms with E-state index in [9.17, 15) is 0 Å². The number of piperidine rings is 1. The third-order valence-corrected chi connectivity index (χ3v) is 4.77. The molecule has 3 heteroatoms. The molecule has 3 nitrogen and oxygen atoms in total. The maximum absolute atomic E-state index is 6.49. The second-order valence-electron chi connectivity index (χ2n) is 6.59. The highest BCUT2D eigenvalue weighted by Crippen LogP contribution is 2.30. The Morgan fingerprint density at radius 2 is 2.00 bits per heavy atom. The van der Waals surface area contributed by atoms with Gasteiger partial charge in [-0.05, 0) is 38.2 Å². The van der Waals surface area contributed by atoms with Crippen LogP contribution in [0.5, 0.6) is 5.75 Å². The van der Waals surface area contributed by atoms with Crippen LogP contribution >= 0.6 is 0 Å². The predicted molar refractivity (Wildman–Crippen MR) is 88.5 cm³/mol. The molecular formula is C18H30N2O. The standard InChI is InChI=1S/C18H30N2O/c1-5-21-18-9-7-6-8-16(18)17(19)12-20-11-13(2)10-14(3)15(20)4/h6-9,13-15,17H,5,10-12,19H2,1-4H3. The minimum absolute atomic E-state index is 0.00713. The first-order valence-corrected chi connectivity index (χ1v) is 8.24. The summed E-state index contributed by atoms with van der Waals surface area (Å²) in [6, 6.07) is 8.78. The Labute approximate surface area is 129 Å². The van der Waals surface area contributed by atoms with Gasteiger partial charge >= 0.3 is 0 Å². The van der Waals surface area contributed by atoms with Crippen LogP contribution in [0.3, 0.4) is 0 Å². The Kier molecular flexibility index (Phi) is 5.65. The minimum atomic E-state index is 0.00713.